The summed E-state index contributed by atoms with van der Waals surface area (Å²) in [6.45, 7) is 0.238. The van der Waals surface area contributed by atoms with Gasteiger partial charge in [-0.2, -0.15) is 5.10 Å². The smallest absolute Gasteiger partial charge is 0.251 e. The van der Waals surface area contributed by atoms with Gasteiger partial charge in [0, 0.05) is 23.9 Å². The number of hydrogen-bond acceptors (Lipinski definition) is 3. The van der Waals surface area contributed by atoms with Gasteiger partial charge in [-0.15, -0.1) is 0 Å². The van der Waals surface area contributed by atoms with E-state index >= 15 is 0 Å². The number of nitrogens with zero attached hydrogens (tertiary/aromatic N) is 1. The lowest BCUT2D eigenvalue weighted by Crippen LogP contribution is -2.27. The molecular weight excluding hydrogens is 316 g/mol. The summed E-state index contributed by atoms with van der Waals surface area (Å²) < 4.78 is 0. The molecular formula is C19H18N4O2. The number of aromatic nitrogens is 2. The summed E-state index contributed by atoms with van der Waals surface area (Å²) in [6, 6.07) is 15.1. The van der Waals surface area contributed by atoms with Gasteiger partial charge in [0.05, 0.1) is 11.2 Å². The van der Waals surface area contributed by atoms with Crippen LogP contribution in [0.3, 0.4) is 0 Å². The van der Waals surface area contributed by atoms with Crippen LogP contribution in [0.5, 0.6) is 0 Å². The number of nitrogens with two attached hydrogens (primary N) is 1. The molecule has 1 aromatic heterocycles. The summed E-state index contributed by atoms with van der Waals surface area (Å²) in [6.07, 6.45) is 4.00. The molecule has 2 aromatic carbocycles. The number of fused-ring (bicyclic) bond motifs is 1. The van der Waals surface area contributed by atoms with Crippen molar-refractivity contribution in [1.29, 1.82) is 0 Å². The Hall–Kier alpha value is -3.41. The van der Waals surface area contributed by atoms with Gasteiger partial charge in [0.1, 0.15) is 0 Å². The topological polar surface area (TPSA) is 101 Å². The number of carbonyl (C=O) groups excluding carboxylic acids is 2. The van der Waals surface area contributed by atoms with E-state index in [0.717, 1.165) is 22.2 Å². The number of H-pyrrole nitrogens is 1. The maximum absolute atomic E-state index is 11.9. The van der Waals surface area contributed by atoms with Crippen molar-refractivity contribution in [2.24, 2.45) is 5.73 Å². The Morgan fingerprint density at radius 2 is 1.84 bits per heavy atom. The summed E-state index contributed by atoms with van der Waals surface area (Å²) in [5.74, 6) is -0.665. The highest BCUT2D eigenvalue weighted by atomic mass is 16.2. The number of benzene rings is 2. The van der Waals surface area contributed by atoms with E-state index in [4.69, 9.17) is 5.73 Å². The first kappa shape index (κ1) is 16.4. The Labute approximate surface area is 144 Å². The lowest BCUT2D eigenvalue weighted by atomic mass is 10.1. The van der Waals surface area contributed by atoms with Crippen LogP contribution < -0.4 is 11.1 Å². The van der Waals surface area contributed by atoms with E-state index in [1.807, 2.05) is 48.6 Å². The Morgan fingerprint density at radius 1 is 1.08 bits per heavy atom. The van der Waals surface area contributed by atoms with Crippen LogP contribution in [0.15, 0.2) is 48.5 Å². The van der Waals surface area contributed by atoms with Gasteiger partial charge in [-0.05, 0) is 29.8 Å². The summed E-state index contributed by atoms with van der Waals surface area (Å²) in [7, 11) is 0. The lowest BCUT2D eigenvalue weighted by molar-refractivity contribution is -0.117. The first-order valence-corrected chi connectivity index (χ1v) is 7.91. The van der Waals surface area contributed by atoms with E-state index in [0.29, 0.717) is 5.56 Å². The molecule has 25 heavy (non-hydrogen) atoms. The molecule has 0 radical (unpaired) electrons. The minimum Gasteiger partial charge on any atom is -0.370 e. The fourth-order valence-corrected chi connectivity index (χ4v) is 2.43. The third kappa shape index (κ3) is 4.11. The van der Waals surface area contributed by atoms with Crippen molar-refractivity contribution in [3.05, 3.63) is 65.4 Å². The van der Waals surface area contributed by atoms with Crippen molar-refractivity contribution in [3.8, 4) is 0 Å². The number of hydrogen-bond donors (Lipinski definition) is 3. The summed E-state index contributed by atoms with van der Waals surface area (Å²) >= 11 is 0. The summed E-state index contributed by atoms with van der Waals surface area (Å²) in [5, 5.41) is 11.0. The van der Waals surface area contributed by atoms with Gasteiger partial charge < -0.3 is 11.1 Å². The molecule has 0 fully saturated rings. The molecule has 1 heterocycles. The fraction of sp³-hybridized carbons (Fsp3) is 0.105. The predicted molar refractivity (Wildman–Crippen MR) is 97.6 cm³/mol. The molecule has 0 spiro atoms. The molecule has 0 aliphatic heterocycles. The van der Waals surface area contributed by atoms with E-state index in [1.165, 1.54) is 0 Å². The fourth-order valence-electron chi connectivity index (χ4n) is 2.43. The molecule has 0 aliphatic carbocycles. The number of primary amides is 1. The first-order chi connectivity index (χ1) is 12.1. The first-order valence-electron chi connectivity index (χ1n) is 7.91. The maximum atomic E-state index is 11.9. The minimum atomic E-state index is -0.438. The molecule has 4 N–H and O–H groups in total. The zero-order valence-electron chi connectivity index (χ0n) is 13.5. The number of amides is 2. The second-order valence-electron chi connectivity index (χ2n) is 5.58. The van der Waals surface area contributed by atoms with E-state index in [2.05, 4.69) is 15.5 Å². The Kier molecular flexibility index (Phi) is 4.89. The van der Waals surface area contributed by atoms with Gasteiger partial charge in [0.25, 0.3) is 5.91 Å². The number of rotatable bonds is 6. The molecule has 126 valence electrons. The molecule has 2 amide bonds. The van der Waals surface area contributed by atoms with Gasteiger partial charge in [0.15, 0.2) is 0 Å². The minimum absolute atomic E-state index is 0.129. The van der Waals surface area contributed by atoms with Crippen molar-refractivity contribution in [3.63, 3.8) is 0 Å². The van der Waals surface area contributed by atoms with E-state index in [-0.39, 0.29) is 18.9 Å². The third-order valence-corrected chi connectivity index (χ3v) is 3.76. The quantitative estimate of drug-likeness (QED) is 0.645. The largest absolute Gasteiger partial charge is 0.370 e. The van der Waals surface area contributed by atoms with Crippen LogP contribution in [-0.4, -0.2) is 28.6 Å². The molecule has 0 aliphatic rings. The third-order valence-electron chi connectivity index (χ3n) is 3.76. The van der Waals surface area contributed by atoms with Crippen molar-refractivity contribution >= 4 is 34.9 Å². The molecule has 0 saturated carbocycles. The van der Waals surface area contributed by atoms with Crippen LogP contribution >= 0.6 is 0 Å². The number of carbonyl (C=O) groups is 2. The summed E-state index contributed by atoms with van der Waals surface area (Å²) in [5.41, 5.74) is 8.39. The molecule has 0 saturated heterocycles. The second kappa shape index (κ2) is 7.44. The SMILES string of the molecule is NC(=O)CCNC(=O)c1ccc(/C=C/c2n[nH]c3ccccc23)cc1. The van der Waals surface area contributed by atoms with Crippen molar-refractivity contribution in [1.82, 2.24) is 15.5 Å². The highest BCUT2D eigenvalue weighted by Crippen LogP contribution is 2.17. The molecule has 3 aromatic rings. The Bertz CT molecular complexity index is 926. The Balaban J connectivity index is 1.66. The average Bonchev–Trinajstić information content (AvgIpc) is 3.03. The van der Waals surface area contributed by atoms with E-state index in [9.17, 15) is 9.59 Å². The molecule has 0 bridgehead atoms. The number of nitrogens with one attached hydrogen (secondary N) is 2. The molecule has 3 rings (SSSR count). The standard InChI is InChI=1S/C19H18N4O2/c20-18(24)11-12-21-19(25)14-8-5-13(6-9-14)7-10-17-15-3-1-2-4-16(15)22-23-17/h1-10H,11-12H2,(H2,20,24)(H,21,25)(H,22,23)/b10-7+. The van der Waals surface area contributed by atoms with E-state index < -0.39 is 5.91 Å². The van der Waals surface area contributed by atoms with E-state index in [1.54, 1.807) is 12.1 Å². The highest BCUT2D eigenvalue weighted by Gasteiger charge is 2.05. The molecule has 0 atom stereocenters. The van der Waals surface area contributed by atoms with Crippen LogP contribution in [0.2, 0.25) is 0 Å². The normalized spacial score (nSPS) is 11.0. The van der Waals surface area contributed by atoms with Gasteiger partial charge >= 0.3 is 0 Å². The lowest BCUT2D eigenvalue weighted by Gasteiger charge is -2.04. The van der Waals surface area contributed by atoms with Crippen LogP contribution in [-0.2, 0) is 4.79 Å². The van der Waals surface area contributed by atoms with Crippen LogP contribution in [0.1, 0.15) is 28.0 Å². The molecule has 6 heteroatoms. The summed E-state index contributed by atoms with van der Waals surface area (Å²) in [4.78, 5) is 22.6. The Morgan fingerprint density at radius 3 is 2.60 bits per heavy atom. The number of aromatic amines is 1. The van der Waals surface area contributed by atoms with Gasteiger partial charge in [-0.1, -0.05) is 36.4 Å². The van der Waals surface area contributed by atoms with Crippen LogP contribution in [0.25, 0.3) is 23.1 Å². The maximum Gasteiger partial charge on any atom is 0.251 e. The van der Waals surface area contributed by atoms with Gasteiger partial charge in [-0.3, -0.25) is 14.7 Å². The highest BCUT2D eigenvalue weighted by molar-refractivity contribution is 5.95. The van der Waals surface area contributed by atoms with Gasteiger partial charge in [-0.25, -0.2) is 0 Å². The average molecular weight is 334 g/mol. The molecule has 0 unspecified atom stereocenters. The van der Waals surface area contributed by atoms with Crippen molar-refractivity contribution in [2.75, 3.05) is 6.54 Å². The van der Waals surface area contributed by atoms with Crippen molar-refractivity contribution < 1.29 is 9.59 Å². The zero-order chi connectivity index (χ0) is 17.6. The van der Waals surface area contributed by atoms with Crippen LogP contribution in [0, 0.1) is 0 Å². The molecule has 6 nitrogen and oxygen atoms in total. The number of para-hydroxylation sites is 1. The van der Waals surface area contributed by atoms with Crippen LogP contribution in [0.4, 0.5) is 0 Å². The predicted octanol–water partition coefficient (Wildman–Crippen LogP) is 2.34. The monoisotopic (exact) mass is 334 g/mol. The van der Waals surface area contributed by atoms with Crippen molar-refractivity contribution in [2.45, 2.75) is 6.42 Å². The zero-order valence-corrected chi connectivity index (χ0v) is 13.5. The van der Waals surface area contributed by atoms with Gasteiger partial charge in [0.2, 0.25) is 5.91 Å². The second-order valence-corrected chi connectivity index (χ2v) is 5.58.